The van der Waals surface area contributed by atoms with E-state index < -0.39 is 0 Å². The molecular formula is C19H28N6O. The maximum absolute atomic E-state index is 6.36. The third kappa shape index (κ3) is 3.86. The van der Waals surface area contributed by atoms with E-state index in [2.05, 4.69) is 46.1 Å². The van der Waals surface area contributed by atoms with Gasteiger partial charge in [-0.05, 0) is 25.3 Å². The molecule has 0 spiro atoms. The van der Waals surface area contributed by atoms with Crippen LogP contribution in [-0.4, -0.2) is 37.9 Å². The highest BCUT2D eigenvalue weighted by Crippen LogP contribution is 2.37. The standard InChI is InChI=1S/C19H28N6O/c1-4-8-15(9-5-2)19(6-3)13-20-18(26-19)24-16-12-17(22-14-21-16)25-11-7-10-23-25/h7,10-12,14-15H,4-6,8-9,13H2,1-3H3,(H,20,21,22,24)/t19-/m1/s1. The second-order valence-corrected chi connectivity index (χ2v) is 6.75. The first kappa shape index (κ1) is 18.4. The van der Waals surface area contributed by atoms with Gasteiger partial charge in [0, 0.05) is 24.4 Å². The summed E-state index contributed by atoms with van der Waals surface area (Å²) in [6, 6.07) is 4.24. The van der Waals surface area contributed by atoms with Crippen molar-refractivity contribution in [1.29, 1.82) is 0 Å². The predicted molar refractivity (Wildman–Crippen MR) is 102 cm³/mol. The van der Waals surface area contributed by atoms with Crippen molar-refractivity contribution in [2.45, 2.75) is 58.5 Å². The second-order valence-electron chi connectivity index (χ2n) is 6.75. The van der Waals surface area contributed by atoms with Crippen LogP contribution in [0.15, 0.2) is 35.8 Å². The molecule has 7 nitrogen and oxygen atoms in total. The number of amidine groups is 1. The lowest BCUT2D eigenvalue weighted by Gasteiger charge is -2.35. The van der Waals surface area contributed by atoms with Crippen LogP contribution in [-0.2, 0) is 4.74 Å². The summed E-state index contributed by atoms with van der Waals surface area (Å²) in [5.74, 6) is 1.87. The lowest BCUT2D eigenvalue weighted by Crippen LogP contribution is -2.42. The molecule has 26 heavy (non-hydrogen) atoms. The van der Waals surface area contributed by atoms with Crippen molar-refractivity contribution in [3.8, 4) is 5.82 Å². The van der Waals surface area contributed by atoms with Gasteiger partial charge in [0.1, 0.15) is 17.7 Å². The fourth-order valence-electron chi connectivity index (χ4n) is 3.63. The Morgan fingerprint density at radius 2 is 2.04 bits per heavy atom. The van der Waals surface area contributed by atoms with Gasteiger partial charge in [-0.1, -0.05) is 33.6 Å². The van der Waals surface area contributed by atoms with Crippen LogP contribution in [0.1, 0.15) is 52.9 Å². The molecule has 3 heterocycles. The Hall–Kier alpha value is -2.44. The number of rotatable bonds is 8. The SMILES string of the molecule is CCCC(CCC)[C@@]1(CC)CN=C(Nc2cc(-n3cccn3)ncn2)O1. The van der Waals surface area contributed by atoms with E-state index >= 15 is 0 Å². The van der Waals surface area contributed by atoms with Crippen LogP contribution in [0.4, 0.5) is 5.82 Å². The molecule has 0 aliphatic carbocycles. The van der Waals surface area contributed by atoms with Gasteiger partial charge < -0.3 is 4.74 Å². The van der Waals surface area contributed by atoms with Gasteiger partial charge in [-0.3, -0.25) is 5.32 Å². The normalized spacial score (nSPS) is 19.5. The summed E-state index contributed by atoms with van der Waals surface area (Å²) in [5.41, 5.74) is -0.202. The van der Waals surface area contributed by atoms with Crippen LogP contribution in [0.25, 0.3) is 5.82 Å². The highest BCUT2D eigenvalue weighted by molar-refractivity contribution is 5.89. The Morgan fingerprint density at radius 1 is 1.23 bits per heavy atom. The van der Waals surface area contributed by atoms with Crippen molar-refractivity contribution >= 4 is 11.8 Å². The molecule has 0 saturated heterocycles. The summed E-state index contributed by atoms with van der Waals surface area (Å²) < 4.78 is 8.05. The molecule has 0 amide bonds. The predicted octanol–water partition coefficient (Wildman–Crippen LogP) is 3.83. The van der Waals surface area contributed by atoms with Crippen molar-refractivity contribution in [1.82, 2.24) is 19.7 Å². The highest BCUT2D eigenvalue weighted by atomic mass is 16.5. The summed E-state index contributed by atoms with van der Waals surface area (Å²) in [6.07, 6.45) is 10.7. The second kappa shape index (κ2) is 8.29. The number of aromatic nitrogens is 4. The van der Waals surface area contributed by atoms with E-state index in [1.54, 1.807) is 10.9 Å². The van der Waals surface area contributed by atoms with E-state index in [-0.39, 0.29) is 5.60 Å². The summed E-state index contributed by atoms with van der Waals surface area (Å²) in [6.45, 7) is 7.36. The van der Waals surface area contributed by atoms with Gasteiger partial charge in [0.05, 0.1) is 6.54 Å². The Labute approximate surface area is 154 Å². The Bertz CT molecular complexity index is 723. The number of aliphatic imine (C=N–C) groups is 1. The number of nitrogens with one attached hydrogen (secondary N) is 1. The van der Waals surface area contributed by atoms with E-state index in [4.69, 9.17) is 4.74 Å². The first-order chi connectivity index (χ1) is 12.7. The topological polar surface area (TPSA) is 77.2 Å². The minimum Gasteiger partial charge on any atom is -0.456 e. The molecule has 0 aromatic carbocycles. The molecule has 1 aliphatic rings. The maximum Gasteiger partial charge on any atom is 0.291 e. The fraction of sp³-hybridized carbons (Fsp3) is 0.579. The van der Waals surface area contributed by atoms with E-state index in [0.717, 1.165) is 19.3 Å². The van der Waals surface area contributed by atoms with Crippen LogP contribution in [0.3, 0.4) is 0 Å². The van der Waals surface area contributed by atoms with Crippen LogP contribution in [0, 0.1) is 5.92 Å². The monoisotopic (exact) mass is 356 g/mol. The number of nitrogens with zero attached hydrogens (tertiary/aromatic N) is 5. The highest BCUT2D eigenvalue weighted by Gasteiger charge is 2.43. The summed E-state index contributed by atoms with van der Waals surface area (Å²) in [7, 11) is 0. The van der Waals surface area contributed by atoms with Crippen LogP contribution >= 0.6 is 0 Å². The minimum atomic E-state index is -0.202. The smallest absolute Gasteiger partial charge is 0.291 e. The summed E-state index contributed by atoms with van der Waals surface area (Å²) in [5, 5.41) is 7.40. The Morgan fingerprint density at radius 3 is 2.69 bits per heavy atom. The van der Waals surface area contributed by atoms with E-state index in [1.165, 1.54) is 19.2 Å². The molecule has 1 atom stereocenters. The molecule has 0 saturated carbocycles. The van der Waals surface area contributed by atoms with Gasteiger partial charge in [-0.15, -0.1) is 0 Å². The zero-order valence-electron chi connectivity index (χ0n) is 15.9. The summed E-state index contributed by atoms with van der Waals surface area (Å²) >= 11 is 0. The van der Waals surface area contributed by atoms with E-state index in [0.29, 0.717) is 30.1 Å². The molecule has 140 valence electrons. The van der Waals surface area contributed by atoms with Gasteiger partial charge in [-0.25, -0.2) is 19.6 Å². The third-order valence-electron chi connectivity index (χ3n) is 5.03. The molecular weight excluding hydrogens is 328 g/mol. The van der Waals surface area contributed by atoms with Gasteiger partial charge >= 0.3 is 0 Å². The number of anilines is 1. The molecule has 0 radical (unpaired) electrons. The number of ether oxygens (including phenoxy) is 1. The first-order valence-electron chi connectivity index (χ1n) is 9.53. The average molecular weight is 356 g/mol. The summed E-state index contributed by atoms with van der Waals surface area (Å²) in [4.78, 5) is 13.2. The Kier molecular flexibility index (Phi) is 5.85. The zero-order valence-corrected chi connectivity index (χ0v) is 15.9. The molecule has 0 unspecified atom stereocenters. The molecule has 1 N–H and O–H groups in total. The molecule has 7 heteroatoms. The van der Waals surface area contributed by atoms with Crippen LogP contribution < -0.4 is 5.32 Å². The van der Waals surface area contributed by atoms with Crippen LogP contribution in [0.2, 0.25) is 0 Å². The molecule has 2 aromatic heterocycles. The number of hydrogen-bond acceptors (Lipinski definition) is 6. The van der Waals surface area contributed by atoms with E-state index in [1.807, 2.05) is 18.3 Å². The molecule has 0 fully saturated rings. The average Bonchev–Trinajstić information content (AvgIpc) is 3.33. The Balaban J connectivity index is 1.71. The van der Waals surface area contributed by atoms with Gasteiger partial charge in [0.25, 0.3) is 6.02 Å². The van der Waals surface area contributed by atoms with Crippen molar-refractivity contribution in [3.63, 3.8) is 0 Å². The lowest BCUT2D eigenvalue weighted by atomic mass is 9.79. The van der Waals surface area contributed by atoms with Crippen molar-refractivity contribution in [2.24, 2.45) is 10.9 Å². The molecule has 3 rings (SSSR count). The van der Waals surface area contributed by atoms with Crippen molar-refractivity contribution in [2.75, 3.05) is 11.9 Å². The minimum absolute atomic E-state index is 0.202. The van der Waals surface area contributed by atoms with Gasteiger partial charge in [0.2, 0.25) is 0 Å². The van der Waals surface area contributed by atoms with E-state index in [9.17, 15) is 0 Å². The molecule has 0 bridgehead atoms. The largest absolute Gasteiger partial charge is 0.456 e. The first-order valence-corrected chi connectivity index (χ1v) is 9.53. The molecule has 2 aromatic rings. The van der Waals surface area contributed by atoms with Crippen molar-refractivity contribution < 1.29 is 4.74 Å². The fourth-order valence-corrected chi connectivity index (χ4v) is 3.63. The van der Waals surface area contributed by atoms with Gasteiger partial charge in [0.15, 0.2) is 5.82 Å². The molecule has 1 aliphatic heterocycles. The third-order valence-corrected chi connectivity index (χ3v) is 5.03. The van der Waals surface area contributed by atoms with Crippen LogP contribution in [0.5, 0.6) is 0 Å². The quantitative estimate of drug-likeness (QED) is 0.778. The zero-order chi connectivity index (χ0) is 18.4. The number of hydrogen-bond donors (Lipinski definition) is 1. The van der Waals surface area contributed by atoms with Crippen molar-refractivity contribution in [3.05, 3.63) is 30.9 Å². The lowest BCUT2D eigenvalue weighted by molar-refractivity contribution is 0.0104. The van der Waals surface area contributed by atoms with Gasteiger partial charge in [-0.2, -0.15) is 5.10 Å². The maximum atomic E-state index is 6.36.